The first-order chi connectivity index (χ1) is 6.81. The van der Waals surface area contributed by atoms with Gasteiger partial charge in [0.2, 0.25) is 5.88 Å². The quantitative estimate of drug-likeness (QED) is 0.723. The standard InChI is InChI=1S/C11H14FNO/c1-14-11-10(6-9(12)7-13-11)8-4-2-3-5-8/h6-8H,2-5H2,1H3. The fourth-order valence-corrected chi connectivity index (χ4v) is 2.14. The topological polar surface area (TPSA) is 22.1 Å². The minimum Gasteiger partial charge on any atom is -0.481 e. The average molecular weight is 195 g/mol. The van der Waals surface area contributed by atoms with Crippen LogP contribution in [-0.2, 0) is 0 Å². The van der Waals surface area contributed by atoms with Gasteiger partial charge in [0.25, 0.3) is 0 Å². The lowest BCUT2D eigenvalue weighted by molar-refractivity contribution is 0.385. The number of nitrogens with zero attached hydrogens (tertiary/aromatic N) is 1. The highest BCUT2D eigenvalue weighted by Crippen LogP contribution is 2.37. The van der Waals surface area contributed by atoms with Crippen molar-refractivity contribution in [2.24, 2.45) is 0 Å². The second-order valence-corrected chi connectivity index (χ2v) is 3.73. The van der Waals surface area contributed by atoms with Crippen molar-refractivity contribution in [1.29, 1.82) is 0 Å². The maximum Gasteiger partial charge on any atom is 0.216 e. The summed E-state index contributed by atoms with van der Waals surface area (Å²) in [5.74, 6) is 0.749. The molecule has 1 aromatic rings. The highest BCUT2D eigenvalue weighted by molar-refractivity contribution is 5.30. The second-order valence-electron chi connectivity index (χ2n) is 3.73. The lowest BCUT2D eigenvalue weighted by Crippen LogP contribution is -2.00. The molecule has 3 heteroatoms. The number of aromatic nitrogens is 1. The Kier molecular flexibility index (Phi) is 2.66. The summed E-state index contributed by atoms with van der Waals surface area (Å²) in [6.07, 6.45) is 5.91. The summed E-state index contributed by atoms with van der Waals surface area (Å²) in [6, 6.07) is 1.56. The summed E-state index contributed by atoms with van der Waals surface area (Å²) >= 11 is 0. The number of halogens is 1. The van der Waals surface area contributed by atoms with Gasteiger partial charge in [0.15, 0.2) is 0 Å². The molecule has 0 aromatic carbocycles. The van der Waals surface area contributed by atoms with Crippen molar-refractivity contribution in [3.8, 4) is 5.88 Å². The van der Waals surface area contributed by atoms with Gasteiger partial charge in [0.05, 0.1) is 13.3 Å². The second kappa shape index (κ2) is 3.95. The molecule has 0 bridgehead atoms. The Morgan fingerprint density at radius 1 is 1.43 bits per heavy atom. The Morgan fingerprint density at radius 2 is 2.14 bits per heavy atom. The zero-order valence-electron chi connectivity index (χ0n) is 8.29. The SMILES string of the molecule is COc1ncc(F)cc1C1CCCC1. The highest BCUT2D eigenvalue weighted by atomic mass is 19.1. The minimum absolute atomic E-state index is 0.271. The minimum atomic E-state index is -0.271. The van der Waals surface area contributed by atoms with Crippen LogP contribution >= 0.6 is 0 Å². The van der Waals surface area contributed by atoms with Gasteiger partial charge in [-0.25, -0.2) is 9.37 Å². The largest absolute Gasteiger partial charge is 0.481 e. The molecule has 2 rings (SSSR count). The van der Waals surface area contributed by atoms with Crippen LogP contribution in [0.4, 0.5) is 4.39 Å². The summed E-state index contributed by atoms with van der Waals surface area (Å²) in [7, 11) is 1.58. The first-order valence-corrected chi connectivity index (χ1v) is 5.00. The molecule has 1 heterocycles. The van der Waals surface area contributed by atoms with E-state index >= 15 is 0 Å². The van der Waals surface area contributed by atoms with Gasteiger partial charge in [0.1, 0.15) is 5.82 Å². The number of hydrogen-bond acceptors (Lipinski definition) is 2. The van der Waals surface area contributed by atoms with Gasteiger partial charge in [-0.15, -0.1) is 0 Å². The molecule has 2 nitrogen and oxygen atoms in total. The maximum absolute atomic E-state index is 13.0. The smallest absolute Gasteiger partial charge is 0.216 e. The summed E-state index contributed by atoms with van der Waals surface area (Å²) in [5, 5.41) is 0. The number of rotatable bonds is 2. The van der Waals surface area contributed by atoms with Gasteiger partial charge < -0.3 is 4.74 Å². The fraction of sp³-hybridized carbons (Fsp3) is 0.545. The average Bonchev–Trinajstić information content (AvgIpc) is 2.70. The molecule has 1 aliphatic carbocycles. The van der Waals surface area contributed by atoms with E-state index in [4.69, 9.17) is 4.74 Å². The molecule has 1 fully saturated rings. The summed E-state index contributed by atoms with van der Waals surface area (Å²) in [6.45, 7) is 0. The van der Waals surface area contributed by atoms with Crippen LogP contribution in [0.5, 0.6) is 5.88 Å². The van der Waals surface area contributed by atoms with Crippen molar-refractivity contribution in [1.82, 2.24) is 4.98 Å². The summed E-state index contributed by atoms with van der Waals surface area (Å²) < 4.78 is 18.2. The Labute approximate surface area is 83.1 Å². The van der Waals surface area contributed by atoms with Crippen LogP contribution in [0.3, 0.4) is 0 Å². The van der Waals surface area contributed by atoms with Crippen molar-refractivity contribution in [2.45, 2.75) is 31.6 Å². The van der Waals surface area contributed by atoms with Gasteiger partial charge in [-0.3, -0.25) is 0 Å². The molecule has 0 atom stereocenters. The third kappa shape index (κ3) is 1.72. The molecule has 0 radical (unpaired) electrons. The third-order valence-electron chi connectivity index (χ3n) is 2.83. The van der Waals surface area contributed by atoms with Crippen molar-refractivity contribution in [2.75, 3.05) is 7.11 Å². The monoisotopic (exact) mass is 195 g/mol. The highest BCUT2D eigenvalue weighted by Gasteiger charge is 2.21. The molecule has 1 saturated carbocycles. The van der Waals surface area contributed by atoms with Gasteiger partial charge in [-0.1, -0.05) is 12.8 Å². The van der Waals surface area contributed by atoms with Crippen LogP contribution in [0.25, 0.3) is 0 Å². The molecule has 0 unspecified atom stereocenters. The van der Waals surface area contributed by atoms with E-state index in [-0.39, 0.29) is 5.82 Å². The van der Waals surface area contributed by atoms with E-state index in [1.807, 2.05) is 0 Å². The zero-order chi connectivity index (χ0) is 9.97. The van der Waals surface area contributed by atoms with Gasteiger partial charge in [0, 0.05) is 5.56 Å². The Morgan fingerprint density at radius 3 is 2.79 bits per heavy atom. The fourth-order valence-electron chi connectivity index (χ4n) is 2.14. The maximum atomic E-state index is 13.0. The van der Waals surface area contributed by atoms with Crippen LogP contribution in [-0.4, -0.2) is 12.1 Å². The molecule has 76 valence electrons. The lowest BCUT2D eigenvalue weighted by atomic mass is 9.99. The van der Waals surface area contributed by atoms with E-state index in [2.05, 4.69) is 4.98 Å². The molecule has 0 N–H and O–H groups in total. The Hall–Kier alpha value is -1.12. The van der Waals surface area contributed by atoms with Crippen molar-refractivity contribution in [3.05, 3.63) is 23.6 Å². The molecule has 0 saturated heterocycles. The number of hydrogen-bond donors (Lipinski definition) is 0. The molecule has 14 heavy (non-hydrogen) atoms. The first-order valence-electron chi connectivity index (χ1n) is 5.00. The summed E-state index contributed by atoms with van der Waals surface area (Å²) in [5.41, 5.74) is 0.935. The van der Waals surface area contributed by atoms with Gasteiger partial charge >= 0.3 is 0 Å². The van der Waals surface area contributed by atoms with Crippen LogP contribution in [0, 0.1) is 5.82 Å². The van der Waals surface area contributed by atoms with Crippen LogP contribution in [0.15, 0.2) is 12.3 Å². The Balaban J connectivity index is 2.33. The molecule has 0 aliphatic heterocycles. The van der Waals surface area contributed by atoms with E-state index in [9.17, 15) is 4.39 Å². The van der Waals surface area contributed by atoms with E-state index in [0.717, 1.165) is 18.4 Å². The van der Waals surface area contributed by atoms with Crippen molar-refractivity contribution >= 4 is 0 Å². The molecule has 1 aliphatic rings. The molecule has 1 aromatic heterocycles. The van der Waals surface area contributed by atoms with E-state index in [0.29, 0.717) is 11.8 Å². The van der Waals surface area contributed by atoms with Crippen molar-refractivity contribution in [3.63, 3.8) is 0 Å². The zero-order valence-corrected chi connectivity index (χ0v) is 8.29. The van der Waals surface area contributed by atoms with Gasteiger partial charge in [-0.2, -0.15) is 0 Å². The number of pyridine rings is 1. The molecule has 0 spiro atoms. The molecule has 0 amide bonds. The Bertz CT molecular complexity index is 321. The van der Waals surface area contributed by atoms with E-state index < -0.39 is 0 Å². The molecular formula is C11H14FNO. The first kappa shape index (κ1) is 9.44. The predicted octanol–water partition coefficient (Wildman–Crippen LogP) is 2.89. The van der Waals surface area contributed by atoms with Crippen molar-refractivity contribution < 1.29 is 9.13 Å². The van der Waals surface area contributed by atoms with Crippen LogP contribution < -0.4 is 4.74 Å². The lowest BCUT2D eigenvalue weighted by Gasteiger charge is -2.12. The number of methoxy groups -OCH3 is 1. The normalized spacial score (nSPS) is 17.3. The predicted molar refractivity (Wildman–Crippen MR) is 52.0 cm³/mol. The van der Waals surface area contributed by atoms with E-state index in [1.54, 1.807) is 13.2 Å². The molecular weight excluding hydrogens is 181 g/mol. The van der Waals surface area contributed by atoms with Crippen LogP contribution in [0.1, 0.15) is 37.2 Å². The summed E-state index contributed by atoms with van der Waals surface area (Å²) in [4.78, 5) is 3.94. The van der Waals surface area contributed by atoms with Crippen LogP contribution in [0.2, 0.25) is 0 Å². The van der Waals surface area contributed by atoms with Gasteiger partial charge in [-0.05, 0) is 24.8 Å². The number of ether oxygens (including phenoxy) is 1. The van der Waals surface area contributed by atoms with E-state index in [1.165, 1.54) is 19.0 Å². The third-order valence-corrected chi connectivity index (χ3v) is 2.83.